The van der Waals surface area contributed by atoms with Crippen LogP contribution in [0.25, 0.3) is 0 Å². The SMILES string of the molecule is CC(=O)CC(=O)N[C@H](CC(C)C)C(=O)N[C@H](CC(C)C)C(=O)O. The second kappa shape index (κ2) is 9.97. The van der Waals surface area contributed by atoms with E-state index in [1.807, 2.05) is 27.7 Å². The Hall–Kier alpha value is -1.92. The molecule has 23 heavy (non-hydrogen) atoms. The van der Waals surface area contributed by atoms with Crippen molar-refractivity contribution in [2.75, 3.05) is 0 Å². The first-order valence-corrected chi connectivity index (χ1v) is 7.84. The number of nitrogens with one attached hydrogen (secondary N) is 2. The number of Topliss-reactive ketones (excluding diaryl/α,β-unsaturated/α-hetero) is 1. The van der Waals surface area contributed by atoms with Gasteiger partial charge in [-0.1, -0.05) is 27.7 Å². The Morgan fingerprint density at radius 2 is 1.35 bits per heavy atom. The van der Waals surface area contributed by atoms with Crippen molar-refractivity contribution in [3.8, 4) is 0 Å². The summed E-state index contributed by atoms with van der Waals surface area (Å²) in [5.74, 6) is -2.25. The van der Waals surface area contributed by atoms with Crippen molar-refractivity contribution >= 4 is 23.6 Å². The van der Waals surface area contributed by atoms with Gasteiger partial charge in [-0.3, -0.25) is 14.4 Å². The summed E-state index contributed by atoms with van der Waals surface area (Å²) in [6.07, 6.45) is 0.372. The lowest BCUT2D eigenvalue weighted by Gasteiger charge is -2.23. The van der Waals surface area contributed by atoms with E-state index in [4.69, 9.17) is 0 Å². The Morgan fingerprint density at radius 3 is 1.74 bits per heavy atom. The molecule has 7 heteroatoms. The molecule has 0 radical (unpaired) electrons. The minimum atomic E-state index is -1.11. The van der Waals surface area contributed by atoms with Crippen molar-refractivity contribution in [3.05, 3.63) is 0 Å². The van der Waals surface area contributed by atoms with E-state index < -0.39 is 29.9 Å². The largest absolute Gasteiger partial charge is 0.480 e. The third kappa shape index (κ3) is 9.65. The highest BCUT2D eigenvalue weighted by Crippen LogP contribution is 2.09. The molecule has 0 aliphatic heterocycles. The number of carboxylic acid groups (broad SMARTS) is 1. The molecule has 0 saturated heterocycles. The molecule has 0 saturated carbocycles. The molecule has 0 unspecified atom stereocenters. The van der Waals surface area contributed by atoms with E-state index in [-0.39, 0.29) is 24.0 Å². The summed E-state index contributed by atoms with van der Waals surface area (Å²) in [6.45, 7) is 8.80. The van der Waals surface area contributed by atoms with Gasteiger partial charge in [0.25, 0.3) is 0 Å². The Bertz CT molecular complexity index is 446. The first kappa shape index (κ1) is 21.1. The average Bonchev–Trinajstić information content (AvgIpc) is 2.34. The topological polar surface area (TPSA) is 113 Å². The van der Waals surface area contributed by atoms with Gasteiger partial charge in [-0.2, -0.15) is 0 Å². The fourth-order valence-corrected chi connectivity index (χ4v) is 2.14. The first-order chi connectivity index (χ1) is 10.5. The standard InChI is InChI=1S/C16H28N2O5/c1-9(2)6-12(17-14(20)8-11(5)19)15(21)18-13(16(22)23)7-10(3)4/h9-10,12-13H,6-8H2,1-5H3,(H,17,20)(H,18,21)(H,22,23)/t12-,13-/m1/s1. The van der Waals surface area contributed by atoms with Gasteiger partial charge in [-0.15, -0.1) is 0 Å². The molecule has 0 aromatic carbocycles. The van der Waals surface area contributed by atoms with Crippen molar-refractivity contribution < 1.29 is 24.3 Å². The maximum absolute atomic E-state index is 12.3. The lowest BCUT2D eigenvalue weighted by molar-refractivity contribution is -0.142. The molecule has 0 bridgehead atoms. The van der Waals surface area contributed by atoms with Crippen LogP contribution in [0.15, 0.2) is 0 Å². The molecule has 0 heterocycles. The fraction of sp³-hybridized carbons (Fsp3) is 0.750. The number of hydrogen-bond acceptors (Lipinski definition) is 4. The highest BCUT2D eigenvalue weighted by Gasteiger charge is 2.27. The lowest BCUT2D eigenvalue weighted by Crippen LogP contribution is -2.52. The number of ketones is 1. The monoisotopic (exact) mass is 328 g/mol. The molecule has 132 valence electrons. The first-order valence-electron chi connectivity index (χ1n) is 7.84. The van der Waals surface area contributed by atoms with Gasteiger partial charge in [0.15, 0.2) is 0 Å². The number of carboxylic acids is 1. The second-order valence-corrected chi connectivity index (χ2v) is 6.66. The van der Waals surface area contributed by atoms with Crippen LogP contribution in [0.4, 0.5) is 0 Å². The zero-order valence-electron chi connectivity index (χ0n) is 14.5. The van der Waals surface area contributed by atoms with Crippen molar-refractivity contribution in [1.29, 1.82) is 0 Å². The van der Waals surface area contributed by atoms with Gasteiger partial charge < -0.3 is 15.7 Å². The van der Waals surface area contributed by atoms with Gasteiger partial charge in [0.05, 0.1) is 6.42 Å². The number of amides is 2. The highest BCUT2D eigenvalue weighted by atomic mass is 16.4. The van der Waals surface area contributed by atoms with Gasteiger partial charge in [-0.05, 0) is 31.6 Å². The normalized spacial score (nSPS) is 13.5. The van der Waals surface area contributed by atoms with Crippen LogP contribution in [0.5, 0.6) is 0 Å². The molecule has 0 fully saturated rings. The second-order valence-electron chi connectivity index (χ2n) is 6.66. The maximum atomic E-state index is 12.3. The lowest BCUT2D eigenvalue weighted by atomic mass is 10.0. The number of hydrogen-bond donors (Lipinski definition) is 3. The van der Waals surface area contributed by atoms with E-state index in [0.717, 1.165) is 0 Å². The number of carbonyl (C=O) groups is 4. The fourth-order valence-electron chi connectivity index (χ4n) is 2.14. The molecule has 7 nitrogen and oxygen atoms in total. The van der Waals surface area contributed by atoms with Crippen LogP contribution in [0, 0.1) is 11.8 Å². The summed E-state index contributed by atoms with van der Waals surface area (Å²) < 4.78 is 0. The van der Waals surface area contributed by atoms with Gasteiger partial charge in [-0.25, -0.2) is 4.79 Å². The molecule has 0 aromatic heterocycles. The summed E-state index contributed by atoms with van der Waals surface area (Å²) in [4.78, 5) is 46.3. The third-order valence-electron chi connectivity index (χ3n) is 3.09. The molecule has 0 aliphatic rings. The molecular formula is C16H28N2O5. The summed E-state index contributed by atoms with van der Waals surface area (Å²) in [7, 11) is 0. The number of carbonyl (C=O) groups excluding carboxylic acids is 3. The molecule has 0 aliphatic carbocycles. The van der Waals surface area contributed by atoms with Crippen LogP contribution in [-0.2, 0) is 19.2 Å². The van der Waals surface area contributed by atoms with Gasteiger partial charge >= 0.3 is 5.97 Å². The summed E-state index contributed by atoms with van der Waals surface area (Å²) in [5, 5.41) is 14.2. The van der Waals surface area contributed by atoms with Crippen molar-refractivity contribution in [1.82, 2.24) is 10.6 Å². The van der Waals surface area contributed by atoms with Gasteiger partial charge in [0.1, 0.15) is 17.9 Å². The van der Waals surface area contributed by atoms with Gasteiger partial charge in [0.2, 0.25) is 11.8 Å². The highest BCUT2D eigenvalue weighted by molar-refractivity contribution is 5.99. The van der Waals surface area contributed by atoms with Crippen LogP contribution in [0.2, 0.25) is 0 Å². The van der Waals surface area contributed by atoms with Crippen LogP contribution in [0.1, 0.15) is 53.9 Å². The third-order valence-corrected chi connectivity index (χ3v) is 3.09. The molecule has 0 spiro atoms. The Kier molecular flexibility index (Phi) is 9.14. The summed E-state index contributed by atoms with van der Waals surface area (Å²) in [6, 6.07) is -1.85. The van der Waals surface area contributed by atoms with E-state index in [2.05, 4.69) is 10.6 Å². The Morgan fingerprint density at radius 1 is 0.870 bits per heavy atom. The molecule has 2 atom stereocenters. The quantitative estimate of drug-likeness (QED) is 0.520. The molecule has 0 aromatic rings. The maximum Gasteiger partial charge on any atom is 0.326 e. The van der Waals surface area contributed by atoms with Crippen molar-refractivity contribution in [2.24, 2.45) is 11.8 Å². The Balaban J connectivity index is 4.93. The van der Waals surface area contributed by atoms with E-state index in [1.54, 1.807) is 0 Å². The number of rotatable bonds is 10. The summed E-state index contributed by atoms with van der Waals surface area (Å²) >= 11 is 0. The number of aliphatic carboxylic acids is 1. The van der Waals surface area contributed by atoms with Crippen LogP contribution in [0.3, 0.4) is 0 Å². The minimum absolute atomic E-state index is 0.104. The predicted molar refractivity (Wildman–Crippen MR) is 85.7 cm³/mol. The summed E-state index contributed by atoms with van der Waals surface area (Å²) in [5.41, 5.74) is 0. The van der Waals surface area contributed by atoms with E-state index in [1.165, 1.54) is 6.92 Å². The Labute approximate surface area is 137 Å². The minimum Gasteiger partial charge on any atom is -0.480 e. The average molecular weight is 328 g/mol. The van der Waals surface area contributed by atoms with E-state index in [9.17, 15) is 24.3 Å². The molecule has 0 rings (SSSR count). The van der Waals surface area contributed by atoms with Crippen LogP contribution < -0.4 is 10.6 Å². The zero-order valence-corrected chi connectivity index (χ0v) is 14.5. The van der Waals surface area contributed by atoms with E-state index >= 15 is 0 Å². The predicted octanol–water partition coefficient (Wildman–Crippen LogP) is 1.11. The van der Waals surface area contributed by atoms with Gasteiger partial charge in [0, 0.05) is 0 Å². The molecular weight excluding hydrogens is 300 g/mol. The van der Waals surface area contributed by atoms with Crippen LogP contribution in [-0.4, -0.2) is 40.8 Å². The molecule has 3 N–H and O–H groups in total. The smallest absolute Gasteiger partial charge is 0.326 e. The molecule has 2 amide bonds. The van der Waals surface area contributed by atoms with Crippen LogP contribution >= 0.6 is 0 Å². The van der Waals surface area contributed by atoms with Crippen molar-refractivity contribution in [3.63, 3.8) is 0 Å². The van der Waals surface area contributed by atoms with Crippen molar-refractivity contribution in [2.45, 2.75) is 66.0 Å². The zero-order chi connectivity index (χ0) is 18.2. The van der Waals surface area contributed by atoms with E-state index in [0.29, 0.717) is 12.8 Å².